The summed E-state index contributed by atoms with van der Waals surface area (Å²) in [7, 11) is 1.61. The summed E-state index contributed by atoms with van der Waals surface area (Å²) in [5, 5.41) is 12.2. The number of hydrogen-bond donors (Lipinski definition) is 1. The number of hydrogen-bond acceptors (Lipinski definition) is 7. The van der Waals surface area contributed by atoms with Crippen LogP contribution >= 0.6 is 23.4 Å². The van der Waals surface area contributed by atoms with Crippen LogP contribution in [-0.4, -0.2) is 38.5 Å². The van der Waals surface area contributed by atoms with E-state index in [9.17, 15) is 4.79 Å². The molecular formula is C21H18ClN5O3S. The molecule has 0 unspecified atom stereocenters. The van der Waals surface area contributed by atoms with Gasteiger partial charge in [-0.05, 0) is 36.4 Å². The molecule has 1 N–H and O–H groups in total. The van der Waals surface area contributed by atoms with Crippen LogP contribution in [0.5, 0.6) is 5.75 Å². The number of amides is 1. The van der Waals surface area contributed by atoms with Gasteiger partial charge in [0.1, 0.15) is 11.5 Å². The Labute approximate surface area is 187 Å². The van der Waals surface area contributed by atoms with Crippen LogP contribution in [0.15, 0.2) is 70.6 Å². The first-order valence-electron chi connectivity index (χ1n) is 9.27. The third kappa shape index (κ3) is 5.07. The summed E-state index contributed by atoms with van der Waals surface area (Å²) in [4.78, 5) is 16.4. The van der Waals surface area contributed by atoms with Gasteiger partial charge >= 0.3 is 0 Å². The van der Waals surface area contributed by atoms with Crippen molar-refractivity contribution in [3.63, 3.8) is 0 Å². The summed E-state index contributed by atoms with van der Waals surface area (Å²) in [6.07, 6.45) is 3.17. The molecule has 0 aliphatic heterocycles. The number of pyridine rings is 1. The number of anilines is 1. The van der Waals surface area contributed by atoms with Gasteiger partial charge in [-0.1, -0.05) is 35.5 Å². The highest BCUT2D eigenvalue weighted by molar-refractivity contribution is 7.99. The molecule has 31 heavy (non-hydrogen) atoms. The lowest BCUT2D eigenvalue weighted by molar-refractivity contribution is -0.113. The number of nitrogens with one attached hydrogen (secondary N) is 1. The van der Waals surface area contributed by atoms with E-state index in [0.717, 1.165) is 11.3 Å². The first-order valence-corrected chi connectivity index (χ1v) is 10.6. The smallest absolute Gasteiger partial charge is 0.234 e. The summed E-state index contributed by atoms with van der Waals surface area (Å²) in [6.45, 7) is 0.422. The highest BCUT2D eigenvalue weighted by atomic mass is 35.5. The minimum Gasteiger partial charge on any atom is -0.497 e. The third-order valence-electron chi connectivity index (χ3n) is 4.30. The quantitative estimate of drug-likeness (QED) is 0.311. The van der Waals surface area contributed by atoms with E-state index in [1.807, 2.05) is 41.0 Å². The zero-order chi connectivity index (χ0) is 21.6. The Balaban J connectivity index is 1.56. The van der Waals surface area contributed by atoms with E-state index in [1.165, 1.54) is 11.8 Å². The molecular weight excluding hydrogens is 438 g/mol. The van der Waals surface area contributed by atoms with Gasteiger partial charge in [0.05, 0.1) is 31.4 Å². The van der Waals surface area contributed by atoms with Crippen LogP contribution in [0.1, 0.15) is 5.76 Å². The average molecular weight is 456 g/mol. The number of carbonyl (C=O) groups is 1. The normalized spacial score (nSPS) is 10.8. The number of ether oxygens (including phenoxy) is 1. The molecule has 1 aromatic carbocycles. The van der Waals surface area contributed by atoms with Gasteiger partial charge in [-0.25, -0.2) is 4.98 Å². The number of carbonyl (C=O) groups excluding carboxylic acids is 1. The topological polar surface area (TPSA) is 95.1 Å². The summed E-state index contributed by atoms with van der Waals surface area (Å²) in [5.74, 6) is 2.01. The van der Waals surface area contributed by atoms with E-state index >= 15 is 0 Å². The van der Waals surface area contributed by atoms with E-state index < -0.39 is 0 Å². The predicted molar refractivity (Wildman–Crippen MR) is 118 cm³/mol. The molecule has 0 spiro atoms. The Morgan fingerprint density at radius 2 is 2.13 bits per heavy atom. The molecule has 4 rings (SSSR count). The lowest BCUT2D eigenvalue weighted by Crippen LogP contribution is -2.15. The molecule has 0 fully saturated rings. The first-order chi connectivity index (χ1) is 15.1. The van der Waals surface area contributed by atoms with Crippen LogP contribution in [0, 0.1) is 0 Å². The van der Waals surface area contributed by atoms with Crippen LogP contribution < -0.4 is 10.1 Å². The Kier molecular flexibility index (Phi) is 6.54. The molecule has 0 radical (unpaired) electrons. The standard InChI is InChI=1S/C21H18ClN5O3S/c1-29-15-6-2-5-14(11-15)20-25-26-21(27(20)12-16-7-4-10-30-16)31-13-18(28)24-17-8-3-9-23-19(17)22/h2-11H,12-13H2,1H3,(H,24,28). The van der Waals surface area contributed by atoms with Gasteiger partial charge < -0.3 is 14.5 Å². The predicted octanol–water partition coefficient (Wildman–Crippen LogP) is 4.37. The second kappa shape index (κ2) is 9.67. The first kappa shape index (κ1) is 21.0. The Morgan fingerprint density at radius 1 is 1.23 bits per heavy atom. The number of rotatable bonds is 8. The molecule has 3 aromatic heterocycles. The van der Waals surface area contributed by atoms with E-state index in [1.54, 1.807) is 31.7 Å². The van der Waals surface area contributed by atoms with Crippen LogP contribution in [0.4, 0.5) is 5.69 Å². The van der Waals surface area contributed by atoms with Crippen molar-refractivity contribution in [2.45, 2.75) is 11.7 Å². The second-order valence-corrected chi connectivity index (χ2v) is 7.68. The molecule has 0 aliphatic rings. The maximum Gasteiger partial charge on any atom is 0.234 e. The van der Waals surface area contributed by atoms with Crippen molar-refractivity contribution in [2.75, 3.05) is 18.2 Å². The molecule has 0 saturated carbocycles. The van der Waals surface area contributed by atoms with Crippen LogP contribution in [0.3, 0.4) is 0 Å². The van der Waals surface area contributed by atoms with Crippen molar-refractivity contribution >= 4 is 35.0 Å². The molecule has 0 saturated heterocycles. The summed E-state index contributed by atoms with van der Waals surface area (Å²) in [5.41, 5.74) is 1.31. The number of nitrogens with zero attached hydrogens (tertiary/aromatic N) is 4. The van der Waals surface area contributed by atoms with Gasteiger partial charge in [-0.2, -0.15) is 0 Å². The van der Waals surface area contributed by atoms with Crippen molar-refractivity contribution in [1.82, 2.24) is 19.7 Å². The number of thioether (sulfide) groups is 1. The minimum atomic E-state index is -0.227. The average Bonchev–Trinajstić information content (AvgIpc) is 3.44. The molecule has 158 valence electrons. The largest absolute Gasteiger partial charge is 0.497 e. The molecule has 3 heterocycles. The SMILES string of the molecule is COc1cccc(-c2nnc(SCC(=O)Nc3cccnc3Cl)n2Cc2ccco2)c1. The van der Waals surface area contributed by atoms with E-state index in [0.29, 0.717) is 29.0 Å². The zero-order valence-electron chi connectivity index (χ0n) is 16.5. The monoisotopic (exact) mass is 455 g/mol. The van der Waals surface area contributed by atoms with Crippen LogP contribution in [0.25, 0.3) is 11.4 Å². The van der Waals surface area contributed by atoms with Gasteiger partial charge in [0.25, 0.3) is 0 Å². The van der Waals surface area contributed by atoms with Crippen LogP contribution in [-0.2, 0) is 11.3 Å². The van der Waals surface area contributed by atoms with Crippen molar-refractivity contribution in [3.8, 4) is 17.1 Å². The molecule has 0 atom stereocenters. The lowest BCUT2D eigenvalue weighted by atomic mass is 10.2. The number of halogens is 1. The fourth-order valence-electron chi connectivity index (χ4n) is 2.87. The number of methoxy groups -OCH3 is 1. The minimum absolute atomic E-state index is 0.125. The molecule has 4 aromatic rings. The van der Waals surface area contributed by atoms with Gasteiger partial charge in [-0.15, -0.1) is 10.2 Å². The van der Waals surface area contributed by atoms with Gasteiger partial charge in [0, 0.05) is 11.8 Å². The number of aromatic nitrogens is 4. The van der Waals surface area contributed by atoms with Crippen molar-refractivity contribution < 1.29 is 13.9 Å². The van der Waals surface area contributed by atoms with Crippen molar-refractivity contribution in [2.24, 2.45) is 0 Å². The van der Waals surface area contributed by atoms with E-state index in [4.69, 9.17) is 20.8 Å². The molecule has 1 amide bonds. The molecule has 10 heteroatoms. The Bertz CT molecular complexity index is 1180. The molecule has 8 nitrogen and oxygen atoms in total. The highest BCUT2D eigenvalue weighted by Gasteiger charge is 2.18. The van der Waals surface area contributed by atoms with Gasteiger partial charge in [0.2, 0.25) is 5.91 Å². The van der Waals surface area contributed by atoms with Crippen LogP contribution in [0.2, 0.25) is 5.15 Å². The molecule has 0 bridgehead atoms. The maximum atomic E-state index is 12.4. The Hall–Kier alpha value is -3.30. The Morgan fingerprint density at radius 3 is 2.90 bits per heavy atom. The van der Waals surface area contributed by atoms with Gasteiger partial charge in [0.15, 0.2) is 16.1 Å². The van der Waals surface area contributed by atoms with Crippen molar-refractivity contribution in [1.29, 1.82) is 0 Å². The third-order valence-corrected chi connectivity index (χ3v) is 5.57. The number of furan rings is 1. The van der Waals surface area contributed by atoms with E-state index in [2.05, 4.69) is 20.5 Å². The fraction of sp³-hybridized carbons (Fsp3) is 0.143. The summed E-state index contributed by atoms with van der Waals surface area (Å²) in [6, 6.07) is 14.7. The highest BCUT2D eigenvalue weighted by Crippen LogP contribution is 2.28. The molecule has 0 aliphatic carbocycles. The summed E-state index contributed by atoms with van der Waals surface area (Å²) < 4.78 is 12.7. The van der Waals surface area contributed by atoms with Gasteiger partial charge in [-0.3, -0.25) is 9.36 Å². The zero-order valence-corrected chi connectivity index (χ0v) is 18.1. The van der Waals surface area contributed by atoms with E-state index in [-0.39, 0.29) is 16.8 Å². The lowest BCUT2D eigenvalue weighted by Gasteiger charge is -2.10. The number of benzene rings is 1. The fourth-order valence-corrected chi connectivity index (χ4v) is 3.77. The summed E-state index contributed by atoms with van der Waals surface area (Å²) >= 11 is 7.27. The second-order valence-electron chi connectivity index (χ2n) is 6.38. The maximum absolute atomic E-state index is 12.4. The van der Waals surface area contributed by atoms with Crippen molar-refractivity contribution in [3.05, 3.63) is 71.9 Å².